The number of hydrogen-bond donors (Lipinski definition) is 1. The molecule has 0 spiro atoms. The van der Waals surface area contributed by atoms with E-state index in [4.69, 9.17) is 0 Å². The Kier molecular flexibility index (Phi) is 3.24. The lowest BCUT2D eigenvalue weighted by Gasteiger charge is -2.06. The van der Waals surface area contributed by atoms with E-state index < -0.39 is 0 Å². The third kappa shape index (κ3) is 2.42. The summed E-state index contributed by atoms with van der Waals surface area (Å²) in [4.78, 5) is 4.01. The molecular formula is C15H12N6S. The highest BCUT2D eigenvalue weighted by Crippen LogP contribution is 2.20. The molecule has 4 aromatic heterocycles. The number of fused-ring (bicyclic) bond motifs is 1. The molecule has 0 fully saturated rings. The van der Waals surface area contributed by atoms with Gasteiger partial charge in [-0.05, 0) is 41.3 Å². The summed E-state index contributed by atoms with van der Waals surface area (Å²) in [5, 5.41) is 20.3. The molecule has 0 atom stereocenters. The summed E-state index contributed by atoms with van der Waals surface area (Å²) >= 11 is 1.63. The average molecular weight is 308 g/mol. The van der Waals surface area contributed by atoms with Gasteiger partial charge in [-0.15, -0.1) is 15.3 Å². The SMILES string of the molecule is c1cc(CNc2ccc3nnc(-c4ccsc4)n3n2)ccn1. The fraction of sp³-hybridized carbons (Fsp3) is 0.0667. The Morgan fingerprint density at radius 3 is 2.77 bits per heavy atom. The topological polar surface area (TPSA) is 68.0 Å². The molecule has 0 aliphatic carbocycles. The number of nitrogens with one attached hydrogen (secondary N) is 1. The molecule has 108 valence electrons. The number of rotatable bonds is 4. The van der Waals surface area contributed by atoms with Crippen molar-refractivity contribution < 1.29 is 0 Å². The van der Waals surface area contributed by atoms with E-state index in [2.05, 4.69) is 25.6 Å². The lowest BCUT2D eigenvalue weighted by Crippen LogP contribution is -2.04. The number of pyridine rings is 1. The van der Waals surface area contributed by atoms with Crippen LogP contribution in [0.5, 0.6) is 0 Å². The van der Waals surface area contributed by atoms with Crippen LogP contribution in [0.15, 0.2) is 53.5 Å². The molecule has 0 saturated heterocycles. The van der Waals surface area contributed by atoms with Gasteiger partial charge in [0.1, 0.15) is 5.82 Å². The van der Waals surface area contributed by atoms with Crippen molar-refractivity contribution in [3.8, 4) is 11.4 Å². The van der Waals surface area contributed by atoms with Gasteiger partial charge in [0.05, 0.1) is 0 Å². The number of anilines is 1. The second-order valence-corrected chi connectivity index (χ2v) is 5.51. The Morgan fingerprint density at radius 1 is 1.05 bits per heavy atom. The predicted octanol–water partition coefficient (Wildman–Crippen LogP) is 2.86. The fourth-order valence-corrected chi connectivity index (χ4v) is 2.78. The van der Waals surface area contributed by atoms with Gasteiger partial charge in [-0.25, -0.2) is 0 Å². The van der Waals surface area contributed by atoms with Crippen LogP contribution in [-0.2, 0) is 6.54 Å². The molecule has 0 saturated carbocycles. The van der Waals surface area contributed by atoms with Gasteiger partial charge in [-0.2, -0.15) is 15.9 Å². The van der Waals surface area contributed by atoms with E-state index in [1.54, 1.807) is 28.2 Å². The number of aromatic nitrogens is 5. The van der Waals surface area contributed by atoms with Crippen LogP contribution in [0.25, 0.3) is 17.0 Å². The quantitative estimate of drug-likeness (QED) is 0.628. The van der Waals surface area contributed by atoms with Crippen molar-refractivity contribution in [1.29, 1.82) is 0 Å². The van der Waals surface area contributed by atoms with Gasteiger partial charge in [0.15, 0.2) is 11.5 Å². The Hall–Kier alpha value is -2.80. The van der Waals surface area contributed by atoms with E-state index in [-0.39, 0.29) is 0 Å². The molecule has 0 aromatic carbocycles. The highest BCUT2D eigenvalue weighted by molar-refractivity contribution is 7.08. The minimum Gasteiger partial charge on any atom is -0.365 e. The standard InChI is InChI=1S/C15H12N6S/c1-2-14-18-19-15(12-5-8-22-10-12)21(14)20-13(1)17-9-11-3-6-16-7-4-11/h1-8,10H,9H2,(H,17,20). The fourth-order valence-electron chi connectivity index (χ4n) is 2.15. The molecule has 0 amide bonds. The van der Waals surface area contributed by atoms with Crippen molar-refractivity contribution in [1.82, 2.24) is 24.8 Å². The van der Waals surface area contributed by atoms with Crippen LogP contribution in [0, 0.1) is 0 Å². The van der Waals surface area contributed by atoms with Crippen LogP contribution in [0.4, 0.5) is 5.82 Å². The first-order valence-corrected chi connectivity index (χ1v) is 7.72. The van der Waals surface area contributed by atoms with Gasteiger partial charge in [0.25, 0.3) is 0 Å². The summed E-state index contributed by atoms with van der Waals surface area (Å²) in [6.45, 7) is 0.691. The molecule has 0 aliphatic heterocycles. The van der Waals surface area contributed by atoms with Gasteiger partial charge in [0, 0.05) is 29.9 Å². The van der Waals surface area contributed by atoms with E-state index in [0.29, 0.717) is 6.54 Å². The minimum atomic E-state index is 0.691. The molecule has 22 heavy (non-hydrogen) atoms. The van der Waals surface area contributed by atoms with Crippen molar-refractivity contribution in [2.24, 2.45) is 0 Å². The summed E-state index contributed by atoms with van der Waals surface area (Å²) in [6, 6.07) is 9.77. The summed E-state index contributed by atoms with van der Waals surface area (Å²) in [6.07, 6.45) is 3.56. The lowest BCUT2D eigenvalue weighted by atomic mass is 10.3. The van der Waals surface area contributed by atoms with Gasteiger partial charge < -0.3 is 5.32 Å². The van der Waals surface area contributed by atoms with Crippen LogP contribution in [0.3, 0.4) is 0 Å². The normalized spacial score (nSPS) is 10.9. The van der Waals surface area contributed by atoms with Crippen molar-refractivity contribution in [2.45, 2.75) is 6.54 Å². The minimum absolute atomic E-state index is 0.691. The first-order chi connectivity index (χ1) is 10.9. The molecule has 6 nitrogen and oxygen atoms in total. The number of nitrogens with zero attached hydrogens (tertiary/aromatic N) is 5. The number of hydrogen-bond acceptors (Lipinski definition) is 6. The Bertz CT molecular complexity index is 885. The average Bonchev–Trinajstić information content (AvgIpc) is 3.22. The van der Waals surface area contributed by atoms with Crippen molar-refractivity contribution in [3.05, 3.63) is 59.0 Å². The summed E-state index contributed by atoms with van der Waals surface area (Å²) in [7, 11) is 0. The molecule has 4 heterocycles. The van der Waals surface area contributed by atoms with E-state index in [1.807, 2.05) is 41.1 Å². The van der Waals surface area contributed by atoms with Gasteiger partial charge in [0.2, 0.25) is 0 Å². The maximum atomic E-state index is 4.58. The third-order valence-corrected chi connectivity index (χ3v) is 3.95. The molecule has 1 N–H and O–H groups in total. The second-order valence-electron chi connectivity index (χ2n) is 4.73. The first kappa shape index (κ1) is 12.9. The maximum Gasteiger partial charge on any atom is 0.186 e. The first-order valence-electron chi connectivity index (χ1n) is 6.78. The monoisotopic (exact) mass is 308 g/mol. The summed E-state index contributed by atoms with van der Waals surface area (Å²) < 4.78 is 1.76. The van der Waals surface area contributed by atoms with Crippen molar-refractivity contribution in [3.63, 3.8) is 0 Å². The highest BCUT2D eigenvalue weighted by atomic mass is 32.1. The summed E-state index contributed by atoms with van der Waals surface area (Å²) in [5.41, 5.74) is 2.91. The van der Waals surface area contributed by atoms with Gasteiger partial charge >= 0.3 is 0 Å². The van der Waals surface area contributed by atoms with E-state index >= 15 is 0 Å². The molecule has 0 radical (unpaired) electrons. The van der Waals surface area contributed by atoms with Crippen LogP contribution in [0.2, 0.25) is 0 Å². The molecular weight excluding hydrogens is 296 g/mol. The predicted molar refractivity (Wildman–Crippen MR) is 85.7 cm³/mol. The van der Waals surface area contributed by atoms with Gasteiger partial charge in [-0.1, -0.05) is 0 Å². The van der Waals surface area contributed by atoms with E-state index in [0.717, 1.165) is 28.4 Å². The van der Waals surface area contributed by atoms with Crippen LogP contribution in [0.1, 0.15) is 5.56 Å². The van der Waals surface area contributed by atoms with Crippen LogP contribution < -0.4 is 5.32 Å². The third-order valence-electron chi connectivity index (χ3n) is 3.27. The van der Waals surface area contributed by atoms with Gasteiger partial charge in [-0.3, -0.25) is 4.98 Å². The lowest BCUT2D eigenvalue weighted by molar-refractivity contribution is 0.925. The van der Waals surface area contributed by atoms with Crippen LogP contribution in [-0.4, -0.2) is 24.8 Å². The molecule has 0 aliphatic rings. The molecule has 4 rings (SSSR count). The van der Waals surface area contributed by atoms with Crippen molar-refractivity contribution >= 4 is 22.8 Å². The molecule has 0 unspecified atom stereocenters. The maximum absolute atomic E-state index is 4.58. The molecule has 7 heteroatoms. The zero-order valence-electron chi connectivity index (χ0n) is 11.5. The van der Waals surface area contributed by atoms with E-state index in [9.17, 15) is 0 Å². The van der Waals surface area contributed by atoms with E-state index in [1.165, 1.54) is 0 Å². The van der Waals surface area contributed by atoms with Crippen LogP contribution >= 0.6 is 11.3 Å². The molecule has 0 bridgehead atoms. The van der Waals surface area contributed by atoms with Crippen molar-refractivity contribution in [2.75, 3.05) is 5.32 Å². The zero-order valence-corrected chi connectivity index (χ0v) is 12.4. The summed E-state index contributed by atoms with van der Waals surface area (Å²) in [5.74, 6) is 1.53. The highest BCUT2D eigenvalue weighted by Gasteiger charge is 2.10. The Morgan fingerprint density at radius 2 is 1.95 bits per heavy atom. The Labute approximate surface area is 130 Å². The number of thiophene rings is 1. The Balaban J connectivity index is 1.64. The molecule has 4 aromatic rings. The second kappa shape index (κ2) is 5.53. The largest absolute Gasteiger partial charge is 0.365 e. The smallest absolute Gasteiger partial charge is 0.186 e. The zero-order chi connectivity index (χ0) is 14.8.